The molecule has 0 saturated heterocycles. The van der Waals surface area contributed by atoms with Crippen molar-refractivity contribution in [2.45, 2.75) is 19.6 Å². The molecule has 0 N–H and O–H groups in total. The lowest BCUT2D eigenvalue weighted by Crippen LogP contribution is -2.04. The minimum absolute atomic E-state index is 0.00479. The fourth-order valence-corrected chi connectivity index (χ4v) is 1.52. The number of methoxy groups -OCH3 is 1. The van der Waals surface area contributed by atoms with Gasteiger partial charge in [0.1, 0.15) is 12.4 Å². The number of non-ortho nitro benzene ring substituents is 1. The molecule has 0 amide bonds. The third-order valence-corrected chi connectivity index (χ3v) is 2.47. The number of hydrogen-bond acceptors (Lipinski definition) is 7. The van der Waals surface area contributed by atoms with Crippen LogP contribution in [-0.4, -0.2) is 22.2 Å². The van der Waals surface area contributed by atoms with Crippen molar-refractivity contribution in [1.82, 2.24) is 10.1 Å². The summed E-state index contributed by atoms with van der Waals surface area (Å²) in [6.45, 7) is 2.00. The van der Waals surface area contributed by atoms with E-state index < -0.39 is 11.0 Å². The zero-order valence-electron chi connectivity index (χ0n) is 11.0. The third-order valence-electron chi connectivity index (χ3n) is 2.47. The summed E-state index contributed by atoms with van der Waals surface area (Å²) < 4.78 is 15.5. The molecule has 8 heteroatoms. The van der Waals surface area contributed by atoms with Gasteiger partial charge in [-0.15, -0.1) is 0 Å². The zero-order chi connectivity index (χ0) is 14.5. The van der Waals surface area contributed by atoms with Gasteiger partial charge in [-0.1, -0.05) is 5.16 Å². The van der Waals surface area contributed by atoms with E-state index in [1.54, 1.807) is 6.92 Å². The van der Waals surface area contributed by atoms with Gasteiger partial charge in [-0.2, -0.15) is 4.98 Å². The van der Waals surface area contributed by atoms with Crippen molar-refractivity contribution in [2.75, 3.05) is 7.11 Å². The van der Waals surface area contributed by atoms with Gasteiger partial charge in [-0.25, -0.2) is 0 Å². The molecule has 0 aliphatic rings. The van der Waals surface area contributed by atoms with Gasteiger partial charge in [0.25, 0.3) is 11.6 Å². The number of aromatic nitrogens is 2. The number of nitro groups is 1. The molecule has 20 heavy (non-hydrogen) atoms. The molecule has 0 radical (unpaired) electrons. The SMILES string of the molecule is COCc1noc(C(C)Oc2ccc([N+](=O)[O-])cc2)n1. The molecule has 1 unspecified atom stereocenters. The Morgan fingerprint density at radius 3 is 2.70 bits per heavy atom. The Bertz CT molecular complexity index is 581. The Morgan fingerprint density at radius 1 is 1.40 bits per heavy atom. The molecular formula is C12H13N3O5. The second-order valence-electron chi connectivity index (χ2n) is 3.99. The number of rotatable bonds is 6. The summed E-state index contributed by atoms with van der Waals surface area (Å²) in [7, 11) is 1.53. The molecule has 8 nitrogen and oxygen atoms in total. The van der Waals surface area contributed by atoms with E-state index in [0.717, 1.165) is 0 Å². The third kappa shape index (κ3) is 3.29. The fraction of sp³-hybridized carbons (Fsp3) is 0.333. The molecule has 0 saturated carbocycles. The first-order chi connectivity index (χ1) is 9.60. The van der Waals surface area contributed by atoms with E-state index in [2.05, 4.69) is 10.1 Å². The van der Waals surface area contributed by atoms with E-state index in [9.17, 15) is 10.1 Å². The van der Waals surface area contributed by atoms with Crippen molar-refractivity contribution in [1.29, 1.82) is 0 Å². The summed E-state index contributed by atoms with van der Waals surface area (Å²) in [6.07, 6.45) is -0.463. The molecule has 0 fully saturated rings. The van der Waals surface area contributed by atoms with Gasteiger partial charge in [0.2, 0.25) is 0 Å². The fourth-order valence-electron chi connectivity index (χ4n) is 1.52. The first kappa shape index (κ1) is 13.9. The van der Waals surface area contributed by atoms with Crippen LogP contribution >= 0.6 is 0 Å². The van der Waals surface area contributed by atoms with Crippen LogP contribution in [0.5, 0.6) is 5.75 Å². The van der Waals surface area contributed by atoms with Gasteiger partial charge in [0, 0.05) is 19.2 Å². The predicted molar refractivity (Wildman–Crippen MR) is 67.2 cm³/mol. The number of nitro benzene ring substituents is 1. The lowest BCUT2D eigenvalue weighted by atomic mass is 10.3. The van der Waals surface area contributed by atoms with Crippen molar-refractivity contribution < 1.29 is 18.9 Å². The Morgan fingerprint density at radius 2 is 2.10 bits per heavy atom. The maximum absolute atomic E-state index is 10.5. The number of ether oxygens (including phenoxy) is 2. The molecule has 0 bridgehead atoms. The maximum Gasteiger partial charge on any atom is 0.269 e. The molecule has 0 aliphatic heterocycles. The minimum Gasteiger partial charge on any atom is -0.481 e. The van der Waals surface area contributed by atoms with E-state index in [4.69, 9.17) is 14.0 Å². The standard InChI is InChI=1S/C12H13N3O5/c1-8(12-13-11(7-18-2)14-20-12)19-10-5-3-9(4-6-10)15(16)17/h3-6,8H,7H2,1-2H3. The quantitative estimate of drug-likeness (QED) is 0.590. The minimum atomic E-state index is -0.470. The summed E-state index contributed by atoms with van der Waals surface area (Å²) in [6, 6.07) is 5.76. The lowest BCUT2D eigenvalue weighted by Gasteiger charge is -2.10. The van der Waals surface area contributed by atoms with Crippen LogP contribution in [0.1, 0.15) is 24.7 Å². The molecule has 0 spiro atoms. The lowest BCUT2D eigenvalue weighted by molar-refractivity contribution is -0.384. The second kappa shape index (κ2) is 6.11. The van der Waals surface area contributed by atoms with E-state index in [-0.39, 0.29) is 12.3 Å². The monoisotopic (exact) mass is 279 g/mol. The van der Waals surface area contributed by atoms with E-state index in [1.165, 1.54) is 31.4 Å². The van der Waals surface area contributed by atoms with Crippen molar-refractivity contribution in [3.63, 3.8) is 0 Å². The molecule has 2 rings (SSSR count). The van der Waals surface area contributed by atoms with Gasteiger partial charge < -0.3 is 14.0 Å². The average Bonchev–Trinajstić information content (AvgIpc) is 2.88. The molecule has 2 aromatic rings. The highest BCUT2D eigenvalue weighted by Crippen LogP contribution is 2.23. The van der Waals surface area contributed by atoms with Gasteiger partial charge in [-0.05, 0) is 19.1 Å². The van der Waals surface area contributed by atoms with Crippen LogP contribution in [0, 0.1) is 10.1 Å². The molecule has 0 aliphatic carbocycles. The summed E-state index contributed by atoms with van der Waals surface area (Å²) >= 11 is 0. The Labute approximate surface area is 114 Å². The smallest absolute Gasteiger partial charge is 0.269 e. The highest BCUT2D eigenvalue weighted by atomic mass is 16.6. The molecule has 106 valence electrons. The van der Waals surface area contributed by atoms with Crippen LogP contribution in [-0.2, 0) is 11.3 Å². The first-order valence-corrected chi connectivity index (χ1v) is 5.82. The van der Waals surface area contributed by atoms with Crippen molar-refractivity contribution in [3.8, 4) is 5.75 Å². The number of nitrogens with zero attached hydrogens (tertiary/aromatic N) is 3. The highest BCUT2D eigenvalue weighted by Gasteiger charge is 2.16. The topological polar surface area (TPSA) is 101 Å². The van der Waals surface area contributed by atoms with Crippen LogP contribution < -0.4 is 4.74 Å². The summed E-state index contributed by atoms with van der Waals surface area (Å²) in [5.74, 6) is 1.23. The van der Waals surface area contributed by atoms with Crippen LogP contribution in [0.2, 0.25) is 0 Å². The van der Waals surface area contributed by atoms with Crippen molar-refractivity contribution >= 4 is 5.69 Å². The number of benzene rings is 1. The largest absolute Gasteiger partial charge is 0.481 e. The Kier molecular flexibility index (Phi) is 4.26. The second-order valence-corrected chi connectivity index (χ2v) is 3.99. The van der Waals surface area contributed by atoms with E-state index in [0.29, 0.717) is 17.5 Å². The normalized spacial score (nSPS) is 12.1. The summed E-state index contributed by atoms with van der Waals surface area (Å²) in [4.78, 5) is 14.2. The van der Waals surface area contributed by atoms with Crippen LogP contribution in [0.25, 0.3) is 0 Å². The van der Waals surface area contributed by atoms with Crippen molar-refractivity contribution in [2.24, 2.45) is 0 Å². The number of hydrogen-bond donors (Lipinski definition) is 0. The van der Waals surface area contributed by atoms with Gasteiger partial charge >= 0.3 is 0 Å². The molecule has 1 aromatic heterocycles. The van der Waals surface area contributed by atoms with E-state index >= 15 is 0 Å². The van der Waals surface area contributed by atoms with E-state index in [1.807, 2.05) is 0 Å². The molecule has 1 atom stereocenters. The van der Waals surface area contributed by atoms with Crippen LogP contribution in [0.4, 0.5) is 5.69 Å². The Balaban J connectivity index is 2.02. The Hall–Kier alpha value is -2.48. The van der Waals surface area contributed by atoms with Crippen LogP contribution in [0.15, 0.2) is 28.8 Å². The maximum atomic E-state index is 10.5. The summed E-state index contributed by atoms with van der Waals surface area (Å²) in [5.41, 5.74) is 0.00479. The van der Waals surface area contributed by atoms with Crippen LogP contribution in [0.3, 0.4) is 0 Å². The van der Waals surface area contributed by atoms with Crippen molar-refractivity contribution in [3.05, 3.63) is 46.1 Å². The van der Waals surface area contributed by atoms with Gasteiger partial charge in [-0.3, -0.25) is 10.1 Å². The molecule has 1 aromatic carbocycles. The molecule has 1 heterocycles. The van der Waals surface area contributed by atoms with Gasteiger partial charge in [0.15, 0.2) is 11.9 Å². The predicted octanol–water partition coefficient (Wildman–Crippen LogP) is 2.26. The first-order valence-electron chi connectivity index (χ1n) is 5.82. The molecular weight excluding hydrogens is 266 g/mol. The summed E-state index contributed by atoms with van der Waals surface area (Å²) in [5, 5.41) is 14.3. The van der Waals surface area contributed by atoms with Gasteiger partial charge in [0.05, 0.1) is 4.92 Å². The average molecular weight is 279 g/mol. The zero-order valence-corrected chi connectivity index (χ0v) is 11.0. The highest BCUT2D eigenvalue weighted by molar-refractivity contribution is 5.36.